The van der Waals surface area contributed by atoms with Crippen molar-refractivity contribution in [2.24, 2.45) is 5.92 Å². The van der Waals surface area contributed by atoms with Gasteiger partial charge in [-0.25, -0.2) is 0 Å². The van der Waals surface area contributed by atoms with Crippen molar-refractivity contribution < 1.29 is 9.59 Å². The van der Waals surface area contributed by atoms with Gasteiger partial charge in [0.2, 0.25) is 11.8 Å². The molecule has 0 aliphatic carbocycles. The van der Waals surface area contributed by atoms with Gasteiger partial charge in [0.15, 0.2) is 0 Å². The van der Waals surface area contributed by atoms with Crippen molar-refractivity contribution in [3.8, 4) is 0 Å². The highest BCUT2D eigenvalue weighted by molar-refractivity contribution is 9.09. The molecule has 1 atom stereocenters. The van der Waals surface area contributed by atoms with Gasteiger partial charge in [0.05, 0.1) is 10.7 Å². The van der Waals surface area contributed by atoms with E-state index in [4.69, 9.17) is 11.6 Å². The summed E-state index contributed by atoms with van der Waals surface area (Å²) in [6, 6.07) is 5.14. The van der Waals surface area contributed by atoms with Crippen LogP contribution in [0, 0.1) is 5.92 Å². The molecular weight excluding hydrogens is 332 g/mol. The van der Waals surface area contributed by atoms with E-state index in [-0.39, 0.29) is 11.8 Å². The molecule has 0 bridgehead atoms. The van der Waals surface area contributed by atoms with Gasteiger partial charge in [-0.15, -0.1) is 0 Å². The number of halogens is 2. The van der Waals surface area contributed by atoms with Gasteiger partial charge in [-0.2, -0.15) is 0 Å². The van der Waals surface area contributed by atoms with Crippen LogP contribution in [0.25, 0.3) is 0 Å². The average molecular weight is 346 g/mol. The van der Waals surface area contributed by atoms with E-state index in [0.717, 1.165) is 5.33 Å². The van der Waals surface area contributed by atoms with Gasteiger partial charge in [0, 0.05) is 30.9 Å². The number of hydrogen-bond acceptors (Lipinski definition) is 2. The van der Waals surface area contributed by atoms with Crippen LogP contribution in [0.3, 0.4) is 0 Å². The first kappa shape index (κ1) is 14.3. The first-order valence-electron chi connectivity index (χ1n) is 5.94. The summed E-state index contributed by atoms with van der Waals surface area (Å²) in [6.07, 6.45) is 0.520. The van der Waals surface area contributed by atoms with Crippen LogP contribution >= 0.6 is 27.5 Å². The predicted octanol–water partition coefficient (Wildman–Crippen LogP) is 3.05. The summed E-state index contributed by atoms with van der Waals surface area (Å²) in [5, 5.41) is 3.99. The van der Waals surface area contributed by atoms with Crippen LogP contribution in [0.2, 0.25) is 5.02 Å². The molecule has 1 fully saturated rings. The highest BCUT2D eigenvalue weighted by Crippen LogP contribution is 2.33. The Morgan fingerprint density at radius 2 is 2.32 bits per heavy atom. The second kappa shape index (κ2) is 5.92. The largest absolute Gasteiger partial charge is 0.326 e. The maximum Gasteiger partial charge on any atom is 0.227 e. The Morgan fingerprint density at radius 3 is 2.89 bits per heavy atom. The molecule has 1 N–H and O–H groups in total. The molecular formula is C13H14BrClN2O2. The van der Waals surface area contributed by atoms with E-state index in [1.807, 2.05) is 0 Å². The van der Waals surface area contributed by atoms with Crippen molar-refractivity contribution in [1.82, 2.24) is 0 Å². The first-order valence-corrected chi connectivity index (χ1v) is 7.44. The van der Waals surface area contributed by atoms with Crippen molar-refractivity contribution in [2.75, 3.05) is 22.1 Å². The van der Waals surface area contributed by atoms with Crippen molar-refractivity contribution in [1.29, 1.82) is 0 Å². The maximum absolute atomic E-state index is 12.0. The third kappa shape index (κ3) is 3.28. The average Bonchev–Trinajstić information content (AvgIpc) is 2.72. The van der Waals surface area contributed by atoms with Gasteiger partial charge in [0.25, 0.3) is 0 Å². The quantitative estimate of drug-likeness (QED) is 0.856. The number of alkyl halides is 1. The number of carbonyl (C=O) groups is 2. The van der Waals surface area contributed by atoms with E-state index in [9.17, 15) is 9.59 Å². The predicted molar refractivity (Wildman–Crippen MR) is 80.0 cm³/mol. The highest BCUT2D eigenvalue weighted by Gasteiger charge is 2.31. The fourth-order valence-electron chi connectivity index (χ4n) is 2.12. The molecule has 1 unspecified atom stereocenters. The van der Waals surface area contributed by atoms with Crippen LogP contribution in [0.5, 0.6) is 0 Å². The zero-order chi connectivity index (χ0) is 14.0. The Hall–Kier alpha value is -1.07. The first-order chi connectivity index (χ1) is 9.01. The van der Waals surface area contributed by atoms with Gasteiger partial charge in [-0.05, 0) is 24.1 Å². The van der Waals surface area contributed by atoms with Crippen LogP contribution in [0.1, 0.15) is 13.3 Å². The third-order valence-electron chi connectivity index (χ3n) is 2.98. The molecule has 1 heterocycles. The van der Waals surface area contributed by atoms with E-state index >= 15 is 0 Å². The molecule has 0 aromatic heterocycles. The number of hydrogen-bond donors (Lipinski definition) is 1. The molecule has 4 nitrogen and oxygen atoms in total. The summed E-state index contributed by atoms with van der Waals surface area (Å²) in [4.78, 5) is 24.7. The van der Waals surface area contributed by atoms with Gasteiger partial charge in [0.1, 0.15) is 0 Å². The molecule has 0 spiro atoms. The molecule has 1 aliphatic heterocycles. The molecule has 1 aliphatic rings. The fourth-order valence-corrected chi connectivity index (χ4v) is 2.77. The van der Waals surface area contributed by atoms with Crippen LogP contribution in [-0.4, -0.2) is 23.7 Å². The van der Waals surface area contributed by atoms with E-state index in [2.05, 4.69) is 21.2 Å². The molecule has 1 aromatic rings. The topological polar surface area (TPSA) is 49.4 Å². The Kier molecular flexibility index (Phi) is 4.47. The lowest BCUT2D eigenvalue weighted by Gasteiger charge is -2.19. The number of anilines is 2. The molecule has 102 valence electrons. The van der Waals surface area contributed by atoms with Crippen molar-refractivity contribution in [3.05, 3.63) is 23.2 Å². The summed E-state index contributed by atoms with van der Waals surface area (Å²) < 4.78 is 0. The van der Waals surface area contributed by atoms with E-state index in [1.54, 1.807) is 23.1 Å². The van der Waals surface area contributed by atoms with E-state index in [0.29, 0.717) is 35.3 Å². The van der Waals surface area contributed by atoms with Crippen LogP contribution in [-0.2, 0) is 9.59 Å². The number of nitrogens with zero attached hydrogens (tertiary/aromatic N) is 1. The summed E-state index contributed by atoms with van der Waals surface area (Å²) >= 11 is 9.55. The van der Waals surface area contributed by atoms with Crippen molar-refractivity contribution in [3.63, 3.8) is 0 Å². The second-order valence-corrected chi connectivity index (χ2v) is 5.63. The molecule has 2 amide bonds. The van der Waals surface area contributed by atoms with Crippen molar-refractivity contribution >= 4 is 50.7 Å². The van der Waals surface area contributed by atoms with Crippen LogP contribution < -0.4 is 10.2 Å². The minimum atomic E-state index is -0.153. The molecule has 6 heteroatoms. The number of carbonyl (C=O) groups excluding carboxylic acids is 2. The zero-order valence-electron chi connectivity index (χ0n) is 10.5. The summed E-state index contributed by atoms with van der Waals surface area (Å²) in [6.45, 7) is 2.09. The number of amides is 2. The Balaban J connectivity index is 2.28. The SMILES string of the molecule is CC(=O)Nc1ccc(Cl)c(N2CC(CBr)CC2=O)c1. The molecule has 0 saturated carbocycles. The molecule has 2 rings (SSSR count). The summed E-state index contributed by atoms with van der Waals surface area (Å²) in [7, 11) is 0. The number of nitrogens with one attached hydrogen (secondary N) is 1. The molecule has 0 radical (unpaired) electrons. The lowest BCUT2D eigenvalue weighted by Crippen LogP contribution is -2.25. The lowest BCUT2D eigenvalue weighted by atomic mass is 10.2. The summed E-state index contributed by atoms with van der Waals surface area (Å²) in [5.41, 5.74) is 1.29. The number of benzene rings is 1. The lowest BCUT2D eigenvalue weighted by molar-refractivity contribution is -0.117. The Morgan fingerprint density at radius 1 is 1.58 bits per heavy atom. The normalized spacial score (nSPS) is 18.8. The molecule has 1 saturated heterocycles. The second-order valence-electron chi connectivity index (χ2n) is 4.58. The minimum absolute atomic E-state index is 0.0614. The smallest absolute Gasteiger partial charge is 0.227 e. The standard InChI is InChI=1S/C13H14BrClN2O2/c1-8(18)16-10-2-3-11(15)12(5-10)17-7-9(6-14)4-13(17)19/h2-3,5,9H,4,6-7H2,1H3,(H,16,18). The monoisotopic (exact) mass is 344 g/mol. The van der Waals surface area contributed by atoms with Gasteiger partial charge in [-0.1, -0.05) is 27.5 Å². The van der Waals surface area contributed by atoms with Crippen LogP contribution in [0.4, 0.5) is 11.4 Å². The maximum atomic E-state index is 12.0. The van der Waals surface area contributed by atoms with Gasteiger partial charge < -0.3 is 10.2 Å². The van der Waals surface area contributed by atoms with Crippen molar-refractivity contribution in [2.45, 2.75) is 13.3 Å². The Bertz CT molecular complexity index is 521. The van der Waals surface area contributed by atoms with E-state index < -0.39 is 0 Å². The Labute approximate surface area is 125 Å². The fraction of sp³-hybridized carbons (Fsp3) is 0.385. The molecule has 1 aromatic carbocycles. The van der Waals surface area contributed by atoms with Gasteiger partial charge in [-0.3, -0.25) is 9.59 Å². The minimum Gasteiger partial charge on any atom is -0.326 e. The third-order valence-corrected chi connectivity index (χ3v) is 4.22. The number of rotatable bonds is 3. The highest BCUT2D eigenvalue weighted by atomic mass is 79.9. The van der Waals surface area contributed by atoms with E-state index in [1.165, 1.54) is 6.92 Å². The van der Waals surface area contributed by atoms with Crippen LogP contribution in [0.15, 0.2) is 18.2 Å². The summed E-state index contributed by atoms with van der Waals surface area (Å²) in [5.74, 6) is 0.207. The molecule has 19 heavy (non-hydrogen) atoms. The zero-order valence-corrected chi connectivity index (χ0v) is 12.8. The van der Waals surface area contributed by atoms with Gasteiger partial charge >= 0.3 is 0 Å².